The highest BCUT2D eigenvalue weighted by molar-refractivity contribution is 6.10. The van der Waals surface area contributed by atoms with E-state index in [1.165, 1.54) is 43.4 Å². The molecule has 4 aromatic heterocycles. The molecule has 0 saturated heterocycles. The molecule has 0 aliphatic carbocycles. The Bertz CT molecular complexity index is 3170. The van der Waals surface area contributed by atoms with Gasteiger partial charge in [-0.15, -0.1) is 0 Å². The lowest BCUT2D eigenvalue weighted by Gasteiger charge is -2.26. The fraction of sp³-hybridized carbons (Fsp3) is 0. The Hall–Kier alpha value is -7.76. The Morgan fingerprint density at radius 1 is 0.281 bits per heavy atom. The Kier molecular flexibility index (Phi) is 7.74. The number of rotatable bonds is 6. The summed E-state index contributed by atoms with van der Waals surface area (Å²) in [6.45, 7) is 0. The average molecular weight is 728 g/mol. The normalized spacial score (nSPS) is 11.5. The van der Waals surface area contributed by atoms with Gasteiger partial charge in [0.25, 0.3) is 0 Å². The van der Waals surface area contributed by atoms with Gasteiger partial charge in [0.15, 0.2) is 0 Å². The summed E-state index contributed by atoms with van der Waals surface area (Å²) in [6, 6.07) is 62.6. The van der Waals surface area contributed by atoms with E-state index in [4.69, 9.17) is 9.97 Å². The summed E-state index contributed by atoms with van der Waals surface area (Å²) in [5, 5.41) is 9.48. The van der Waals surface area contributed by atoms with Crippen molar-refractivity contribution in [2.24, 2.45) is 0 Å². The van der Waals surface area contributed by atoms with E-state index in [0.29, 0.717) is 0 Å². The van der Waals surface area contributed by atoms with Crippen molar-refractivity contribution in [3.8, 4) is 33.6 Å². The summed E-state index contributed by atoms with van der Waals surface area (Å²) in [6.07, 6.45) is 7.35. The molecule has 0 radical (unpaired) electrons. The van der Waals surface area contributed by atoms with Crippen molar-refractivity contribution in [3.05, 3.63) is 201 Å². The molecule has 266 valence electrons. The molecule has 57 heavy (non-hydrogen) atoms. The molecule has 0 amide bonds. The molecule has 0 N–H and O–H groups in total. The minimum absolute atomic E-state index is 0.869. The van der Waals surface area contributed by atoms with E-state index in [9.17, 15) is 0 Å². The Labute approximate surface area is 329 Å². The molecule has 0 aliphatic rings. The molecule has 5 heteroatoms. The van der Waals surface area contributed by atoms with Gasteiger partial charge in [0, 0.05) is 63.7 Å². The maximum Gasteiger partial charge on any atom is 0.0965 e. The van der Waals surface area contributed by atoms with E-state index >= 15 is 0 Å². The zero-order chi connectivity index (χ0) is 37.7. The van der Waals surface area contributed by atoms with Crippen LogP contribution >= 0.6 is 0 Å². The summed E-state index contributed by atoms with van der Waals surface area (Å²) >= 11 is 0. The van der Waals surface area contributed by atoms with E-state index in [2.05, 4.69) is 167 Å². The number of hydrogen-bond donors (Lipinski definition) is 0. The van der Waals surface area contributed by atoms with Crippen LogP contribution in [-0.4, -0.2) is 19.9 Å². The standard InChI is InChI=1S/C52H33N5/c1-2-6-39-31-40(10-9-34(39)5-1)41-17-23-47-42(32-41)11-12-43-33-46(22-24-48(43)47)57(44-18-13-37(14-19-44)51-49-35(25-29-55-51)7-3-27-53-49)45-20-15-38(16-21-45)52-50-36(26-30-56-52)8-4-28-54-50/h1-33H. The predicted octanol–water partition coefficient (Wildman–Crippen LogP) is 13.5. The summed E-state index contributed by atoms with van der Waals surface area (Å²) < 4.78 is 0. The number of pyridine rings is 4. The van der Waals surface area contributed by atoms with Crippen LogP contribution in [0.25, 0.3) is 87.8 Å². The first-order chi connectivity index (χ1) is 28.2. The van der Waals surface area contributed by atoms with E-state index in [1.54, 1.807) is 0 Å². The largest absolute Gasteiger partial charge is 0.310 e. The summed E-state index contributed by atoms with van der Waals surface area (Å²) in [4.78, 5) is 21.1. The van der Waals surface area contributed by atoms with Gasteiger partial charge in [0.1, 0.15) is 0 Å². The third kappa shape index (κ3) is 5.81. The van der Waals surface area contributed by atoms with Gasteiger partial charge in [-0.05, 0) is 116 Å². The lowest BCUT2D eigenvalue weighted by atomic mass is 9.96. The topological polar surface area (TPSA) is 54.8 Å². The average Bonchev–Trinajstić information content (AvgIpc) is 3.29. The van der Waals surface area contributed by atoms with Crippen molar-refractivity contribution >= 4 is 71.2 Å². The van der Waals surface area contributed by atoms with Crippen LogP contribution in [0.2, 0.25) is 0 Å². The molecule has 4 heterocycles. The van der Waals surface area contributed by atoms with Crippen LogP contribution < -0.4 is 4.90 Å². The number of anilines is 3. The highest BCUT2D eigenvalue weighted by Gasteiger charge is 2.17. The minimum atomic E-state index is 0.869. The number of aromatic nitrogens is 4. The highest BCUT2D eigenvalue weighted by Crippen LogP contribution is 2.40. The Morgan fingerprint density at radius 3 is 1.35 bits per heavy atom. The molecule has 0 unspecified atom stereocenters. The van der Waals surface area contributed by atoms with Gasteiger partial charge in [-0.1, -0.05) is 103 Å². The van der Waals surface area contributed by atoms with Gasteiger partial charge in [-0.3, -0.25) is 19.9 Å². The predicted molar refractivity (Wildman–Crippen MR) is 236 cm³/mol. The number of nitrogens with zero attached hydrogens (tertiary/aromatic N) is 5. The number of hydrogen-bond acceptors (Lipinski definition) is 5. The second kappa shape index (κ2) is 13.5. The number of fused-ring (bicyclic) bond motifs is 6. The van der Waals surface area contributed by atoms with Gasteiger partial charge >= 0.3 is 0 Å². The molecule has 0 fully saturated rings. The van der Waals surface area contributed by atoms with Crippen LogP contribution in [0.4, 0.5) is 17.1 Å². The summed E-state index contributed by atoms with van der Waals surface area (Å²) in [5.74, 6) is 0. The van der Waals surface area contributed by atoms with Crippen LogP contribution in [0.3, 0.4) is 0 Å². The Morgan fingerprint density at radius 2 is 0.737 bits per heavy atom. The van der Waals surface area contributed by atoms with E-state index in [1.807, 2.05) is 49.1 Å². The zero-order valence-corrected chi connectivity index (χ0v) is 30.8. The van der Waals surface area contributed by atoms with Crippen LogP contribution in [0.15, 0.2) is 201 Å². The maximum atomic E-state index is 4.73. The van der Waals surface area contributed by atoms with Crippen molar-refractivity contribution in [1.29, 1.82) is 0 Å². The monoisotopic (exact) mass is 727 g/mol. The molecular formula is C52H33N5. The molecule has 0 bridgehead atoms. The summed E-state index contributed by atoms with van der Waals surface area (Å²) in [5.41, 5.74) is 11.1. The van der Waals surface area contributed by atoms with Gasteiger partial charge in [0.2, 0.25) is 0 Å². The van der Waals surface area contributed by atoms with Gasteiger partial charge in [-0.25, -0.2) is 0 Å². The van der Waals surface area contributed by atoms with Crippen molar-refractivity contribution < 1.29 is 0 Å². The molecule has 11 rings (SSSR count). The second-order valence-electron chi connectivity index (χ2n) is 14.4. The van der Waals surface area contributed by atoms with Crippen molar-refractivity contribution in [2.45, 2.75) is 0 Å². The smallest absolute Gasteiger partial charge is 0.0965 e. The van der Waals surface area contributed by atoms with Crippen LogP contribution in [0, 0.1) is 0 Å². The van der Waals surface area contributed by atoms with Gasteiger partial charge in [-0.2, -0.15) is 0 Å². The fourth-order valence-corrected chi connectivity index (χ4v) is 8.16. The first-order valence-electron chi connectivity index (χ1n) is 19.1. The van der Waals surface area contributed by atoms with Crippen LogP contribution in [0.5, 0.6) is 0 Å². The number of benzene rings is 7. The molecule has 0 saturated carbocycles. The van der Waals surface area contributed by atoms with Gasteiger partial charge in [0.05, 0.1) is 22.4 Å². The molecule has 0 aliphatic heterocycles. The third-order valence-electron chi connectivity index (χ3n) is 11.0. The molecule has 11 aromatic rings. The molecule has 0 spiro atoms. The summed E-state index contributed by atoms with van der Waals surface area (Å²) in [7, 11) is 0. The van der Waals surface area contributed by atoms with Crippen molar-refractivity contribution in [3.63, 3.8) is 0 Å². The maximum absolute atomic E-state index is 4.73. The van der Waals surface area contributed by atoms with Crippen molar-refractivity contribution in [1.82, 2.24) is 19.9 Å². The lowest BCUT2D eigenvalue weighted by Crippen LogP contribution is -2.10. The van der Waals surface area contributed by atoms with Crippen LogP contribution in [0.1, 0.15) is 0 Å². The highest BCUT2D eigenvalue weighted by atomic mass is 15.1. The first kappa shape index (κ1) is 32.7. The SMILES string of the molecule is c1ccc2cc(-c3ccc4c(ccc5cc(N(c6ccc(-c7nccc8cccnc78)cc6)c6ccc(-c7nccc8cccnc78)cc6)ccc54)c3)ccc2c1. The second-order valence-corrected chi connectivity index (χ2v) is 14.4. The first-order valence-corrected chi connectivity index (χ1v) is 19.1. The van der Waals surface area contributed by atoms with E-state index in [0.717, 1.165) is 61.4 Å². The molecule has 7 aromatic carbocycles. The zero-order valence-electron chi connectivity index (χ0n) is 30.8. The lowest BCUT2D eigenvalue weighted by molar-refractivity contribution is 1.27. The fourth-order valence-electron chi connectivity index (χ4n) is 8.16. The van der Waals surface area contributed by atoms with Gasteiger partial charge < -0.3 is 4.90 Å². The van der Waals surface area contributed by atoms with E-state index < -0.39 is 0 Å². The molecular weight excluding hydrogens is 695 g/mol. The minimum Gasteiger partial charge on any atom is -0.310 e. The quantitative estimate of drug-likeness (QED) is 0.160. The molecule has 5 nitrogen and oxygen atoms in total. The van der Waals surface area contributed by atoms with Crippen LogP contribution in [-0.2, 0) is 0 Å². The van der Waals surface area contributed by atoms with E-state index in [-0.39, 0.29) is 0 Å². The van der Waals surface area contributed by atoms with Crippen molar-refractivity contribution in [2.75, 3.05) is 4.90 Å². The molecule has 0 atom stereocenters. The third-order valence-corrected chi connectivity index (χ3v) is 11.0. The Balaban J connectivity index is 1.00.